The third-order valence-electron chi connectivity index (χ3n) is 5.62. The zero-order valence-corrected chi connectivity index (χ0v) is 20.8. The molecule has 36 heavy (non-hydrogen) atoms. The highest BCUT2D eigenvalue weighted by Crippen LogP contribution is 2.34. The molecule has 2 N–H and O–H groups in total. The van der Waals surface area contributed by atoms with E-state index in [2.05, 4.69) is 15.0 Å². The van der Waals surface area contributed by atoms with Gasteiger partial charge in [0.15, 0.2) is 34.6 Å². The van der Waals surface area contributed by atoms with Crippen molar-refractivity contribution < 1.29 is 22.0 Å². The van der Waals surface area contributed by atoms with Crippen molar-refractivity contribution in [1.82, 2.24) is 15.0 Å². The minimum absolute atomic E-state index is 0.0530. The standard InChI is InChI=1S/C24H19ClN4O6S/c1-11-8-14(13(3)34-18-6-7-19(25)29-24(18)36(26,31)32)22-15(9-11)20(30)12(2)21(35-22)16-4-5-17-23(28-16)27-10-33-17/h4-10,13H,1-3H3,(H2,26,31,32)/t13-/m1/s1. The lowest BCUT2D eigenvalue weighted by Gasteiger charge is -2.19. The Labute approximate surface area is 209 Å². The number of pyridine rings is 2. The van der Waals surface area contributed by atoms with Crippen LogP contribution in [-0.2, 0) is 10.0 Å². The summed E-state index contributed by atoms with van der Waals surface area (Å²) in [5.74, 6) is 0.185. The number of nitrogens with two attached hydrogens (primary N) is 1. The summed E-state index contributed by atoms with van der Waals surface area (Å²) in [5.41, 5.74) is 3.01. The van der Waals surface area contributed by atoms with Crippen molar-refractivity contribution in [3.05, 3.63) is 74.9 Å². The van der Waals surface area contributed by atoms with Crippen molar-refractivity contribution >= 4 is 43.8 Å². The lowest BCUT2D eigenvalue weighted by Crippen LogP contribution is -2.17. The smallest absolute Gasteiger partial charge is 0.259 e. The SMILES string of the molecule is Cc1cc([C@@H](C)Oc2ccc(Cl)nc2S(N)(=O)=O)c2oc(-c3ccc4ocnc4n3)c(C)c(=O)c2c1. The average molecular weight is 527 g/mol. The number of ether oxygens (including phenoxy) is 1. The molecule has 184 valence electrons. The molecule has 10 nitrogen and oxygen atoms in total. The first-order valence-corrected chi connectivity index (χ1v) is 12.6. The van der Waals surface area contributed by atoms with E-state index in [9.17, 15) is 13.2 Å². The normalized spacial score (nSPS) is 12.8. The summed E-state index contributed by atoms with van der Waals surface area (Å²) in [4.78, 5) is 25.7. The first kappa shape index (κ1) is 23.9. The summed E-state index contributed by atoms with van der Waals surface area (Å²) in [7, 11) is -4.22. The molecule has 0 bridgehead atoms. The Kier molecular flexibility index (Phi) is 5.78. The zero-order chi connectivity index (χ0) is 25.8. The second-order valence-electron chi connectivity index (χ2n) is 8.23. The van der Waals surface area contributed by atoms with E-state index in [0.29, 0.717) is 33.4 Å². The molecule has 5 rings (SSSR count). The van der Waals surface area contributed by atoms with Crippen LogP contribution in [0.15, 0.2) is 61.4 Å². The molecule has 0 spiro atoms. The van der Waals surface area contributed by atoms with Crippen LogP contribution in [-0.4, -0.2) is 23.4 Å². The molecular formula is C24H19ClN4O6S. The van der Waals surface area contributed by atoms with Crippen molar-refractivity contribution in [2.45, 2.75) is 31.9 Å². The number of aryl methyl sites for hydroxylation is 1. The van der Waals surface area contributed by atoms with Crippen molar-refractivity contribution in [1.29, 1.82) is 0 Å². The molecule has 4 aromatic heterocycles. The highest BCUT2D eigenvalue weighted by atomic mass is 35.5. The summed E-state index contributed by atoms with van der Waals surface area (Å²) in [6, 6.07) is 9.65. The maximum Gasteiger partial charge on any atom is 0.259 e. The number of fused-ring (bicyclic) bond motifs is 2. The Balaban J connectivity index is 1.68. The summed E-state index contributed by atoms with van der Waals surface area (Å²) >= 11 is 5.86. The summed E-state index contributed by atoms with van der Waals surface area (Å²) in [5, 5.41) is 5.10. The van der Waals surface area contributed by atoms with Crippen LogP contribution >= 0.6 is 11.6 Å². The number of hydrogen-bond acceptors (Lipinski definition) is 9. The Hall–Kier alpha value is -3.80. The number of oxazole rings is 1. The summed E-state index contributed by atoms with van der Waals surface area (Å²) in [6.07, 6.45) is 0.521. The molecule has 1 atom stereocenters. The van der Waals surface area contributed by atoms with Crippen LogP contribution in [0.4, 0.5) is 0 Å². The molecule has 0 saturated heterocycles. The number of halogens is 1. The summed E-state index contributed by atoms with van der Waals surface area (Å²) in [6.45, 7) is 5.18. The van der Waals surface area contributed by atoms with Crippen LogP contribution in [0.25, 0.3) is 33.7 Å². The van der Waals surface area contributed by atoms with Gasteiger partial charge in [0.05, 0.1) is 5.39 Å². The molecule has 4 heterocycles. The van der Waals surface area contributed by atoms with E-state index < -0.39 is 21.2 Å². The number of aromatic nitrogens is 3. The molecule has 0 aliphatic rings. The van der Waals surface area contributed by atoms with Gasteiger partial charge in [0, 0.05) is 11.1 Å². The predicted molar refractivity (Wildman–Crippen MR) is 132 cm³/mol. The van der Waals surface area contributed by atoms with Crippen molar-refractivity contribution in [2.24, 2.45) is 5.14 Å². The van der Waals surface area contributed by atoms with Gasteiger partial charge in [-0.15, -0.1) is 0 Å². The fraction of sp³-hybridized carbons (Fsp3) is 0.167. The summed E-state index contributed by atoms with van der Waals surface area (Å²) < 4.78 is 41.6. The third-order valence-corrected chi connectivity index (χ3v) is 6.66. The third kappa shape index (κ3) is 4.21. The number of rotatable bonds is 5. The Morgan fingerprint density at radius 1 is 1.11 bits per heavy atom. The molecule has 12 heteroatoms. The first-order valence-electron chi connectivity index (χ1n) is 10.7. The van der Waals surface area contributed by atoms with E-state index in [4.69, 9.17) is 30.3 Å². The van der Waals surface area contributed by atoms with Crippen LogP contribution in [0, 0.1) is 13.8 Å². The minimum atomic E-state index is -4.22. The maximum absolute atomic E-state index is 13.4. The molecule has 0 saturated carbocycles. The molecule has 5 aromatic rings. The number of primary sulfonamides is 1. The van der Waals surface area contributed by atoms with E-state index in [1.54, 1.807) is 38.1 Å². The number of hydrogen-bond donors (Lipinski definition) is 1. The first-order chi connectivity index (χ1) is 17.0. The number of nitrogens with zero attached hydrogens (tertiary/aromatic N) is 3. The average Bonchev–Trinajstić information content (AvgIpc) is 3.29. The van der Waals surface area contributed by atoms with Crippen LogP contribution < -0.4 is 15.3 Å². The quantitative estimate of drug-likeness (QED) is 0.327. The van der Waals surface area contributed by atoms with Crippen molar-refractivity contribution in [3.8, 4) is 17.2 Å². The van der Waals surface area contributed by atoms with E-state index in [1.165, 1.54) is 18.5 Å². The van der Waals surface area contributed by atoms with Gasteiger partial charge in [-0.2, -0.15) is 4.98 Å². The Morgan fingerprint density at radius 3 is 2.64 bits per heavy atom. The van der Waals surface area contributed by atoms with Gasteiger partial charge in [-0.05, 0) is 62.7 Å². The highest BCUT2D eigenvalue weighted by molar-refractivity contribution is 7.89. The second kappa shape index (κ2) is 8.70. The van der Waals surface area contributed by atoms with Gasteiger partial charge in [-0.3, -0.25) is 4.79 Å². The molecule has 0 aliphatic carbocycles. The van der Waals surface area contributed by atoms with Crippen LogP contribution in [0.2, 0.25) is 5.15 Å². The lowest BCUT2D eigenvalue weighted by atomic mass is 10.0. The predicted octanol–water partition coefficient (Wildman–Crippen LogP) is 4.45. The maximum atomic E-state index is 13.4. The van der Waals surface area contributed by atoms with E-state index in [1.807, 2.05) is 6.92 Å². The van der Waals surface area contributed by atoms with E-state index in [0.717, 1.165) is 5.56 Å². The van der Waals surface area contributed by atoms with E-state index in [-0.39, 0.29) is 27.7 Å². The van der Waals surface area contributed by atoms with Gasteiger partial charge in [0.1, 0.15) is 22.5 Å². The molecule has 0 fully saturated rings. The molecular weight excluding hydrogens is 508 g/mol. The highest BCUT2D eigenvalue weighted by Gasteiger charge is 2.24. The monoisotopic (exact) mass is 526 g/mol. The zero-order valence-electron chi connectivity index (χ0n) is 19.3. The Bertz CT molecular complexity index is 1830. The van der Waals surface area contributed by atoms with Gasteiger partial charge in [-0.25, -0.2) is 23.5 Å². The molecule has 0 amide bonds. The fourth-order valence-corrected chi connectivity index (χ4v) is 4.77. The Morgan fingerprint density at radius 2 is 1.89 bits per heavy atom. The minimum Gasteiger partial charge on any atom is -0.483 e. The second-order valence-corrected chi connectivity index (χ2v) is 10.1. The van der Waals surface area contributed by atoms with E-state index >= 15 is 0 Å². The van der Waals surface area contributed by atoms with Crippen LogP contribution in [0.1, 0.15) is 29.7 Å². The van der Waals surface area contributed by atoms with Gasteiger partial charge < -0.3 is 13.6 Å². The van der Waals surface area contributed by atoms with Crippen molar-refractivity contribution in [2.75, 3.05) is 0 Å². The van der Waals surface area contributed by atoms with Gasteiger partial charge in [0.2, 0.25) is 5.03 Å². The molecule has 0 radical (unpaired) electrons. The molecule has 0 aliphatic heterocycles. The number of benzene rings is 1. The van der Waals surface area contributed by atoms with Gasteiger partial charge >= 0.3 is 0 Å². The topological polar surface area (TPSA) is 151 Å². The van der Waals surface area contributed by atoms with Crippen LogP contribution in [0.5, 0.6) is 5.75 Å². The van der Waals surface area contributed by atoms with Gasteiger partial charge in [0.25, 0.3) is 10.0 Å². The number of sulfonamides is 1. The van der Waals surface area contributed by atoms with Crippen molar-refractivity contribution in [3.63, 3.8) is 0 Å². The fourth-order valence-electron chi connectivity index (χ4n) is 3.95. The van der Waals surface area contributed by atoms with Crippen LogP contribution in [0.3, 0.4) is 0 Å². The molecule has 0 unspecified atom stereocenters. The molecule has 1 aromatic carbocycles. The lowest BCUT2D eigenvalue weighted by molar-refractivity contribution is 0.219. The largest absolute Gasteiger partial charge is 0.483 e. The van der Waals surface area contributed by atoms with Gasteiger partial charge in [-0.1, -0.05) is 11.6 Å².